The van der Waals surface area contributed by atoms with Crippen molar-refractivity contribution in [2.45, 2.75) is 32.4 Å². The summed E-state index contributed by atoms with van der Waals surface area (Å²) in [6.45, 7) is 4.17. The molecule has 0 fully saturated rings. The third kappa shape index (κ3) is 2.36. The molecule has 0 spiro atoms. The number of hydrogen-bond donors (Lipinski definition) is 1. The lowest BCUT2D eigenvalue weighted by molar-refractivity contribution is 0.161. The molecule has 98 valence electrons. The van der Waals surface area contributed by atoms with Crippen LogP contribution in [0.4, 0.5) is 0 Å². The Bertz CT molecular complexity index is 589. The Labute approximate surface area is 114 Å². The highest BCUT2D eigenvalue weighted by atomic mass is 16.5. The standard InChI is InChI=1S/C17H19NO/c1-11-3-6-13(7-4-11)17-10-15(18)14-9-12(2)5-8-16(14)19-17/h3-9,15,17H,10,18H2,1-2H3/t15-,17?/m1/s1. The van der Waals surface area contributed by atoms with Gasteiger partial charge in [-0.3, -0.25) is 0 Å². The lowest BCUT2D eigenvalue weighted by Gasteiger charge is -2.31. The van der Waals surface area contributed by atoms with Gasteiger partial charge in [0, 0.05) is 18.0 Å². The third-order valence-corrected chi connectivity index (χ3v) is 3.75. The Morgan fingerprint density at radius 2 is 1.68 bits per heavy atom. The first-order chi connectivity index (χ1) is 9.13. The quantitative estimate of drug-likeness (QED) is 0.838. The summed E-state index contributed by atoms with van der Waals surface area (Å²) < 4.78 is 6.10. The van der Waals surface area contributed by atoms with Gasteiger partial charge in [0.15, 0.2) is 0 Å². The summed E-state index contributed by atoms with van der Waals surface area (Å²) in [7, 11) is 0. The van der Waals surface area contributed by atoms with Gasteiger partial charge in [-0.25, -0.2) is 0 Å². The van der Waals surface area contributed by atoms with Crippen molar-refractivity contribution in [1.29, 1.82) is 0 Å². The molecule has 1 unspecified atom stereocenters. The fourth-order valence-electron chi connectivity index (χ4n) is 2.61. The van der Waals surface area contributed by atoms with Crippen molar-refractivity contribution in [1.82, 2.24) is 0 Å². The van der Waals surface area contributed by atoms with Crippen LogP contribution in [0.2, 0.25) is 0 Å². The first-order valence-corrected chi connectivity index (χ1v) is 6.73. The zero-order valence-corrected chi connectivity index (χ0v) is 11.4. The molecule has 2 N–H and O–H groups in total. The van der Waals surface area contributed by atoms with Gasteiger partial charge < -0.3 is 10.5 Å². The monoisotopic (exact) mass is 253 g/mol. The van der Waals surface area contributed by atoms with Crippen LogP contribution in [-0.2, 0) is 0 Å². The molecule has 1 aliphatic heterocycles. The second-order valence-corrected chi connectivity index (χ2v) is 5.40. The largest absolute Gasteiger partial charge is 0.485 e. The van der Waals surface area contributed by atoms with Gasteiger partial charge in [-0.1, -0.05) is 47.5 Å². The molecule has 0 bridgehead atoms. The van der Waals surface area contributed by atoms with E-state index in [1.54, 1.807) is 0 Å². The first kappa shape index (κ1) is 12.2. The Balaban J connectivity index is 1.92. The van der Waals surface area contributed by atoms with E-state index < -0.39 is 0 Å². The average molecular weight is 253 g/mol. The second-order valence-electron chi connectivity index (χ2n) is 5.40. The summed E-state index contributed by atoms with van der Waals surface area (Å²) in [6, 6.07) is 14.8. The molecule has 0 radical (unpaired) electrons. The van der Waals surface area contributed by atoms with Crippen LogP contribution < -0.4 is 10.5 Å². The molecule has 0 saturated heterocycles. The fraction of sp³-hybridized carbons (Fsp3) is 0.294. The zero-order chi connectivity index (χ0) is 13.4. The Morgan fingerprint density at radius 1 is 1.00 bits per heavy atom. The highest BCUT2D eigenvalue weighted by Crippen LogP contribution is 2.39. The highest BCUT2D eigenvalue weighted by Gasteiger charge is 2.26. The maximum atomic E-state index is 6.29. The van der Waals surface area contributed by atoms with Crippen molar-refractivity contribution in [3.8, 4) is 5.75 Å². The van der Waals surface area contributed by atoms with Gasteiger partial charge in [-0.05, 0) is 25.5 Å². The Kier molecular flexibility index (Phi) is 3.03. The van der Waals surface area contributed by atoms with Gasteiger partial charge in [0.25, 0.3) is 0 Å². The van der Waals surface area contributed by atoms with Gasteiger partial charge in [0.05, 0.1) is 0 Å². The minimum absolute atomic E-state index is 0.0509. The normalized spacial score (nSPS) is 21.6. The van der Waals surface area contributed by atoms with Gasteiger partial charge in [-0.2, -0.15) is 0 Å². The van der Waals surface area contributed by atoms with Crippen LogP contribution >= 0.6 is 0 Å². The number of fused-ring (bicyclic) bond motifs is 1. The molecule has 2 aromatic carbocycles. The molecule has 1 aliphatic rings. The minimum Gasteiger partial charge on any atom is -0.485 e. The van der Waals surface area contributed by atoms with E-state index in [1.165, 1.54) is 16.7 Å². The molecule has 1 heterocycles. The number of aryl methyl sites for hydroxylation is 2. The van der Waals surface area contributed by atoms with Crippen molar-refractivity contribution >= 4 is 0 Å². The van der Waals surface area contributed by atoms with Crippen LogP contribution in [0.25, 0.3) is 0 Å². The number of rotatable bonds is 1. The number of ether oxygens (including phenoxy) is 1. The van der Waals surface area contributed by atoms with Gasteiger partial charge >= 0.3 is 0 Å². The van der Waals surface area contributed by atoms with E-state index in [2.05, 4.69) is 50.2 Å². The molecule has 3 rings (SSSR count). The molecule has 19 heavy (non-hydrogen) atoms. The summed E-state index contributed by atoms with van der Waals surface area (Å²) in [5.74, 6) is 0.926. The molecule has 2 atom stereocenters. The molecular weight excluding hydrogens is 234 g/mol. The molecule has 0 saturated carbocycles. The van der Waals surface area contributed by atoms with E-state index in [0.717, 1.165) is 17.7 Å². The molecule has 0 aliphatic carbocycles. The Hall–Kier alpha value is -1.80. The van der Waals surface area contributed by atoms with Crippen LogP contribution in [0, 0.1) is 13.8 Å². The summed E-state index contributed by atoms with van der Waals surface area (Å²) in [5.41, 5.74) is 11.1. The summed E-state index contributed by atoms with van der Waals surface area (Å²) in [5, 5.41) is 0. The van der Waals surface area contributed by atoms with Crippen molar-refractivity contribution in [2.75, 3.05) is 0 Å². The van der Waals surface area contributed by atoms with Crippen LogP contribution in [0.3, 0.4) is 0 Å². The topological polar surface area (TPSA) is 35.2 Å². The summed E-state index contributed by atoms with van der Waals surface area (Å²) in [6.07, 6.45) is 0.894. The van der Waals surface area contributed by atoms with Crippen LogP contribution in [-0.4, -0.2) is 0 Å². The third-order valence-electron chi connectivity index (χ3n) is 3.75. The number of hydrogen-bond acceptors (Lipinski definition) is 2. The van der Waals surface area contributed by atoms with Crippen molar-refractivity contribution < 1.29 is 4.74 Å². The molecule has 0 amide bonds. The van der Waals surface area contributed by atoms with Crippen LogP contribution in [0.5, 0.6) is 5.75 Å². The average Bonchev–Trinajstić information content (AvgIpc) is 2.40. The minimum atomic E-state index is 0.0509. The van der Waals surface area contributed by atoms with E-state index in [-0.39, 0.29) is 12.1 Å². The van der Waals surface area contributed by atoms with E-state index in [0.29, 0.717) is 0 Å². The maximum Gasteiger partial charge on any atom is 0.126 e. The summed E-state index contributed by atoms with van der Waals surface area (Å²) in [4.78, 5) is 0. The van der Waals surface area contributed by atoms with E-state index in [4.69, 9.17) is 10.5 Å². The summed E-state index contributed by atoms with van der Waals surface area (Å²) >= 11 is 0. The van der Waals surface area contributed by atoms with Gasteiger partial charge in [0.2, 0.25) is 0 Å². The zero-order valence-electron chi connectivity index (χ0n) is 11.4. The van der Waals surface area contributed by atoms with Crippen LogP contribution in [0.15, 0.2) is 42.5 Å². The highest BCUT2D eigenvalue weighted by molar-refractivity contribution is 5.41. The van der Waals surface area contributed by atoms with Crippen molar-refractivity contribution in [3.05, 3.63) is 64.7 Å². The predicted molar refractivity (Wildman–Crippen MR) is 77.3 cm³/mol. The lowest BCUT2D eigenvalue weighted by Crippen LogP contribution is -2.24. The van der Waals surface area contributed by atoms with E-state index >= 15 is 0 Å². The fourth-order valence-corrected chi connectivity index (χ4v) is 2.61. The molecule has 0 aromatic heterocycles. The second kappa shape index (κ2) is 4.71. The number of nitrogens with two attached hydrogens (primary N) is 1. The van der Waals surface area contributed by atoms with Crippen molar-refractivity contribution in [2.24, 2.45) is 5.73 Å². The molecule has 2 aromatic rings. The van der Waals surface area contributed by atoms with E-state index in [1.807, 2.05) is 6.07 Å². The molecular formula is C17H19NO. The maximum absolute atomic E-state index is 6.29. The predicted octanol–water partition coefficient (Wildman–Crippen LogP) is 3.83. The van der Waals surface area contributed by atoms with E-state index in [9.17, 15) is 0 Å². The van der Waals surface area contributed by atoms with Gasteiger partial charge in [-0.15, -0.1) is 0 Å². The van der Waals surface area contributed by atoms with Crippen molar-refractivity contribution in [3.63, 3.8) is 0 Å². The lowest BCUT2D eigenvalue weighted by atomic mass is 9.92. The Morgan fingerprint density at radius 3 is 2.42 bits per heavy atom. The smallest absolute Gasteiger partial charge is 0.126 e. The van der Waals surface area contributed by atoms with Gasteiger partial charge in [0.1, 0.15) is 11.9 Å². The number of benzene rings is 2. The molecule has 2 heteroatoms. The first-order valence-electron chi connectivity index (χ1n) is 6.73. The van der Waals surface area contributed by atoms with Crippen LogP contribution in [0.1, 0.15) is 40.8 Å². The SMILES string of the molecule is Cc1ccc(C2C[C@@H](N)c3cc(C)ccc3O2)cc1. The molecule has 2 nitrogen and oxygen atoms in total.